The molecule has 1 aromatic heterocycles. The second-order valence-corrected chi connectivity index (χ2v) is 6.38. The lowest BCUT2D eigenvalue weighted by atomic mass is 10.0. The molecule has 5 N–H and O–H groups in total. The van der Waals surface area contributed by atoms with Crippen LogP contribution in [-0.4, -0.2) is 34.6 Å². The fraction of sp³-hybridized carbons (Fsp3) is 0.200. The Balaban J connectivity index is 1.91. The molecule has 1 heterocycles. The van der Waals surface area contributed by atoms with Crippen LogP contribution in [0.2, 0.25) is 0 Å². The van der Waals surface area contributed by atoms with Gasteiger partial charge in [0.25, 0.3) is 0 Å². The zero-order chi connectivity index (χ0) is 20.3. The number of nitrogens with two attached hydrogens (primary N) is 1. The van der Waals surface area contributed by atoms with E-state index in [1.54, 1.807) is 18.2 Å². The molecular formula is C20H19F2N3O3. The molecular weight excluding hydrogens is 368 g/mol. The van der Waals surface area contributed by atoms with Gasteiger partial charge >= 0.3 is 0 Å². The Morgan fingerprint density at radius 3 is 2.43 bits per heavy atom. The number of carbonyl (C=O) groups excluding carboxylic acids is 2. The zero-order valence-corrected chi connectivity index (χ0v) is 14.8. The molecule has 0 saturated carbocycles. The van der Waals surface area contributed by atoms with Gasteiger partial charge in [-0.3, -0.25) is 9.59 Å². The lowest BCUT2D eigenvalue weighted by Crippen LogP contribution is -2.46. The average molecular weight is 387 g/mol. The van der Waals surface area contributed by atoms with Crippen LogP contribution in [0, 0.1) is 11.6 Å². The van der Waals surface area contributed by atoms with Crippen molar-refractivity contribution in [2.24, 2.45) is 5.73 Å². The summed E-state index contributed by atoms with van der Waals surface area (Å²) in [5.74, 6) is -2.11. The van der Waals surface area contributed by atoms with Crippen LogP contribution in [0.15, 0.2) is 42.5 Å². The molecule has 0 fully saturated rings. The Labute approximate surface area is 159 Å². The summed E-state index contributed by atoms with van der Waals surface area (Å²) in [4.78, 5) is 26.5. The monoisotopic (exact) mass is 387 g/mol. The maximum Gasteiger partial charge on any atom is 0.242 e. The lowest BCUT2D eigenvalue weighted by Gasteiger charge is -2.12. The van der Waals surface area contributed by atoms with Crippen molar-refractivity contribution in [3.63, 3.8) is 0 Å². The van der Waals surface area contributed by atoms with Crippen LogP contribution < -0.4 is 11.1 Å². The number of rotatable bonds is 7. The molecule has 1 atom stereocenters. The minimum absolute atomic E-state index is 0.0125. The average Bonchev–Trinajstić information content (AvgIpc) is 3.02. The Morgan fingerprint density at radius 1 is 1.11 bits per heavy atom. The van der Waals surface area contributed by atoms with Crippen molar-refractivity contribution < 1.29 is 23.5 Å². The maximum absolute atomic E-state index is 13.8. The summed E-state index contributed by atoms with van der Waals surface area (Å²) in [5.41, 5.74) is 7.82. The van der Waals surface area contributed by atoms with E-state index in [0.717, 1.165) is 0 Å². The molecule has 28 heavy (non-hydrogen) atoms. The second kappa shape index (κ2) is 8.18. The minimum atomic E-state index is -1.16. The summed E-state index contributed by atoms with van der Waals surface area (Å²) in [7, 11) is 0. The molecule has 146 valence electrons. The highest BCUT2D eigenvalue weighted by atomic mass is 19.1. The van der Waals surface area contributed by atoms with Crippen LogP contribution in [-0.2, 0) is 16.0 Å². The molecule has 0 radical (unpaired) electrons. The Hall–Kier alpha value is -3.26. The van der Waals surface area contributed by atoms with Gasteiger partial charge in [-0.1, -0.05) is 0 Å². The van der Waals surface area contributed by atoms with E-state index >= 15 is 0 Å². The summed E-state index contributed by atoms with van der Waals surface area (Å²) in [6.07, 6.45) is 0.223. The standard InChI is InChI=1S/C20H19F2N3O3/c21-12-3-1-11(2-4-12)19-14(15-9-13(22)5-7-16(15)25-19)6-8-18(27)24-17(10-26)20(23)28/h1-5,7,9,17,25-26H,6,8,10H2,(H2,23,28)(H,24,27). The van der Waals surface area contributed by atoms with E-state index in [0.29, 0.717) is 27.7 Å². The van der Waals surface area contributed by atoms with Gasteiger partial charge in [-0.15, -0.1) is 0 Å². The van der Waals surface area contributed by atoms with Gasteiger partial charge in [0.1, 0.15) is 17.7 Å². The van der Waals surface area contributed by atoms with Crippen LogP contribution in [0.1, 0.15) is 12.0 Å². The number of aliphatic hydroxyl groups excluding tert-OH is 1. The summed E-state index contributed by atoms with van der Waals surface area (Å²) in [5, 5.41) is 12.1. The molecule has 3 aromatic rings. The summed E-state index contributed by atoms with van der Waals surface area (Å²) < 4.78 is 27.0. The first kappa shape index (κ1) is 19.5. The quantitative estimate of drug-likeness (QED) is 0.498. The molecule has 1 unspecified atom stereocenters. The van der Waals surface area contributed by atoms with Gasteiger partial charge in [0.05, 0.1) is 6.61 Å². The Morgan fingerprint density at radius 2 is 1.79 bits per heavy atom. The highest BCUT2D eigenvalue weighted by Gasteiger charge is 2.19. The van der Waals surface area contributed by atoms with Gasteiger partial charge in [0, 0.05) is 23.0 Å². The van der Waals surface area contributed by atoms with Crippen molar-refractivity contribution in [1.29, 1.82) is 0 Å². The number of hydrogen-bond acceptors (Lipinski definition) is 3. The third-order valence-corrected chi connectivity index (χ3v) is 4.46. The van der Waals surface area contributed by atoms with Crippen molar-refractivity contribution in [2.45, 2.75) is 18.9 Å². The summed E-state index contributed by atoms with van der Waals surface area (Å²) >= 11 is 0. The van der Waals surface area contributed by atoms with Crippen LogP contribution in [0.4, 0.5) is 8.78 Å². The number of nitrogens with one attached hydrogen (secondary N) is 2. The largest absolute Gasteiger partial charge is 0.394 e. The fourth-order valence-electron chi connectivity index (χ4n) is 3.05. The molecule has 0 saturated heterocycles. The molecule has 0 aliphatic rings. The van der Waals surface area contributed by atoms with E-state index in [1.165, 1.54) is 24.3 Å². The highest BCUT2D eigenvalue weighted by Crippen LogP contribution is 2.32. The molecule has 3 rings (SSSR count). The van der Waals surface area contributed by atoms with E-state index in [-0.39, 0.29) is 18.7 Å². The number of H-pyrrole nitrogens is 1. The van der Waals surface area contributed by atoms with Gasteiger partial charge in [0.15, 0.2) is 0 Å². The number of hydrogen-bond donors (Lipinski definition) is 4. The van der Waals surface area contributed by atoms with Crippen molar-refractivity contribution in [3.05, 3.63) is 59.7 Å². The number of aryl methyl sites for hydroxylation is 1. The third-order valence-electron chi connectivity index (χ3n) is 4.46. The second-order valence-electron chi connectivity index (χ2n) is 6.38. The van der Waals surface area contributed by atoms with Gasteiger partial charge in [0.2, 0.25) is 11.8 Å². The van der Waals surface area contributed by atoms with Crippen molar-refractivity contribution in [2.75, 3.05) is 6.61 Å². The molecule has 2 aromatic carbocycles. The molecule has 8 heteroatoms. The maximum atomic E-state index is 13.8. The number of halogens is 2. The molecule has 0 aliphatic carbocycles. The smallest absolute Gasteiger partial charge is 0.242 e. The number of aromatic nitrogens is 1. The first-order chi connectivity index (χ1) is 13.4. The number of primary amides is 1. The molecule has 0 spiro atoms. The van der Waals surface area contributed by atoms with E-state index in [9.17, 15) is 18.4 Å². The number of benzene rings is 2. The molecule has 2 amide bonds. The van der Waals surface area contributed by atoms with Crippen molar-refractivity contribution in [1.82, 2.24) is 10.3 Å². The lowest BCUT2D eigenvalue weighted by molar-refractivity contribution is -0.128. The number of aromatic amines is 1. The highest BCUT2D eigenvalue weighted by molar-refractivity contribution is 5.92. The van der Waals surface area contributed by atoms with Crippen molar-refractivity contribution >= 4 is 22.7 Å². The normalized spacial score (nSPS) is 12.1. The van der Waals surface area contributed by atoms with Gasteiger partial charge in [-0.05, 0) is 60.0 Å². The first-order valence-electron chi connectivity index (χ1n) is 8.64. The number of aliphatic hydroxyl groups is 1. The first-order valence-corrected chi connectivity index (χ1v) is 8.64. The van der Waals surface area contributed by atoms with Crippen LogP contribution in [0.25, 0.3) is 22.2 Å². The Kier molecular flexibility index (Phi) is 5.70. The fourth-order valence-corrected chi connectivity index (χ4v) is 3.05. The SMILES string of the molecule is NC(=O)C(CO)NC(=O)CCc1c(-c2ccc(F)cc2)[nH]c2ccc(F)cc12. The van der Waals surface area contributed by atoms with E-state index in [2.05, 4.69) is 10.3 Å². The summed E-state index contributed by atoms with van der Waals surface area (Å²) in [6.45, 7) is -0.597. The Bertz CT molecular complexity index is 1020. The molecule has 0 bridgehead atoms. The third kappa shape index (κ3) is 4.17. The number of amides is 2. The predicted molar refractivity (Wildman–Crippen MR) is 100 cm³/mol. The van der Waals surface area contributed by atoms with Crippen molar-refractivity contribution in [3.8, 4) is 11.3 Å². The van der Waals surface area contributed by atoms with Gasteiger partial charge in [-0.2, -0.15) is 0 Å². The molecule has 0 aliphatic heterocycles. The topological polar surface area (TPSA) is 108 Å². The minimum Gasteiger partial charge on any atom is -0.394 e. The van der Waals surface area contributed by atoms with Crippen LogP contribution in [0.5, 0.6) is 0 Å². The predicted octanol–water partition coefficient (Wildman–Crippen LogP) is 2.01. The van der Waals surface area contributed by atoms with E-state index in [4.69, 9.17) is 10.8 Å². The van der Waals surface area contributed by atoms with E-state index < -0.39 is 30.3 Å². The van der Waals surface area contributed by atoms with E-state index in [1.807, 2.05) is 0 Å². The number of fused-ring (bicyclic) bond motifs is 1. The molecule has 6 nitrogen and oxygen atoms in total. The van der Waals surface area contributed by atoms with Crippen LogP contribution >= 0.6 is 0 Å². The van der Waals surface area contributed by atoms with Gasteiger partial charge in [-0.25, -0.2) is 8.78 Å². The van der Waals surface area contributed by atoms with Crippen LogP contribution in [0.3, 0.4) is 0 Å². The summed E-state index contributed by atoms with van der Waals surface area (Å²) in [6, 6.07) is 8.94. The number of carbonyl (C=O) groups is 2. The van der Waals surface area contributed by atoms with Gasteiger partial charge < -0.3 is 21.1 Å². The zero-order valence-electron chi connectivity index (χ0n) is 14.8.